The van der Waals surface area contributed by atoms with Crippen molar-refractivity contribution in [1.82, 2.24) is 24.8 Å². The first kappa shape index (κ1) is 20.6. The molecular weight excluding hydrogens is 370 g/mol. The lowest BCUT2D eigenvalue weighted by molar-refractivity contribution is 0.188. The Hall–Kier alpha value is -3.12. The summed E-state index contributed by atoms with van der Waals surface area (Å²) in [6.07, 6.45) is 1.68. The second-order valence-electron chi connectivity index (χ2n) is 7.93. The van der Waals surface area contributed by atoms with Crippen LogP contribution in [0.5, 0.6) is 5.75 Å². The highest BCUT2D eigenvalue weighted by Crippen LogP contribution is 2.33. The third kappa shape index (κ3) is 4.17. The first-order valence-electron chi connectivity index (χ1n) is 9.59. The summed E-state index contributed by atoms with van der Waals surface area (Å²) in [6, 6.07) is 0. The fraction of sp³-hybridized carbons (Fsp3) is 0.500. The van der Waals surface area contributed by atoms with E-state index in [4.69, 9.17) is 25.8 Å². The largest absolute Gasteiger partial charge is 0.489 e. The number of hydrogen-bond acceptors (Lipinski definition) is 8. The predicted molar refractivity (Wildman–Crippen MR) is 111 cm³/mol. The average Bonchev–Trinajstić information content (AvgIpc) is 3.28. The average molecular weight is 397 g/mol. The summed E-state index contributed by atoms with van der Waals surface area (Å²) in [7, 11) is 0. The van der Waals surface area contributed by atoms with Gasteiger partial charge in [-0.3, -0.25) is 0 Å². The van der Waals surface area contributed by atoms with Gasteiger partial charge in [-0.1, -0.05) is 33.6 Å². The molecule has 3 heterocycles. The smallest absolute Gasteiger partial charge is 0.199 e. The van der Waals surface area contributed by atoms with Crippen LogP contribution >= 0.6 is 0 Å². The second kappa shape index (κ2) is 8.09. The van der Waals surface area contributed by atoms with E-state index in [2.05, 4.69) is 27.1 Å². The minimum absolute atomic E-state index is 0.171. The monoisotopic (exact) mass is 397 g/mol. The molecule has 3 rings (SSSR count). The lowest BCUT2D eigenvalue weighted by Gasteiger charge is -2.22. The molecule has 0 aliphatic carbocycles. The first-order valence-corrected chi connectivity index (χ1v) is 9.59. The normalized spacial score (nSPS) is 11.7. The molecule has 0 unspecified atom stereocenters. The number of hydrogen-bond donors (Lipinski definition) is 2. The highest BCUT2D eigenvalue weighted by atomic mass is 16.6. The molecule has 0 bridgehead atoms. The van der Waals surface area contributed by atoms with E-state index in [0.29, 0.717) is 48.2 Å². The number of aryl methyl sites for hydroxylation is 1. The Labute approximate surface area is 169 Å². The minimum atomic E-state index is -0.178. The highest BCUT2D eigenvalue weighted by molar-refractivity contribution is 5.89. The Morgan fingerprint density at radius 1 is 1.31 bits per heavy atom. The number of pyridine rings is 1. The van der Waals surface area contributed by atoms with Crippen LogP contribution in [0.1, 0.15) is 40.3 Å². The molecule has 3 aromatic heterocycles. The Morgan fingerprint density at radius 2 is 2.07 bits per heavy atom. The molecule has 0 saturated carbocycles. The van der Waals surface area contributed by atoms with Gasteiger partial charge in [-0.25, -0.2) is 14.6 Å². The molecule has 9 nitrogen and oxygen atoms in total. The number of fused-ring (bicyclic) bond motifs is 1. The van der Waals surface area contributed by atoms with Crippen molar-refractivity contribution >= 4 is 16.9 Å². The van der Waals surface area contributed by atoms with Gasteiger partial charge in [-0.2, -0.15) is 0 Å². The van der Waals surface area contributed by atoms with E-state index in [1.54, 1.807) is 6.20 Å². The molecule has 9 heteroatoms. The van der Waals surface area contributed by atoms with E-state index in [-0.39, 0.29) is 17.2 Å². The molecule has 29 heavy (non-hydrogen) atoms. The Morgan fingerprint density at radius 3 is 2.66 bits per heavy atom. The van der Waals surface area contributed by atoms with Gasteiger partial charge in [0.25, 0.3) is 0 Å². The van der Waals surface area contributed by atoms with Crippen molar-refractivity contribution in [2.45, 2.75) is 41.2 Å². The molecule has 4 N–H and O–H groups in total. The quantitative estimate of drug-likeness (QED) is 0.606. The molecule has 0 fully saturated rings. The summed E-state index contributed by atoms with van der Waals surface area (Å²) in [4.78, 5) is 9.24. The molecule has 154 valence electrons. The van der Waals surface area contributed by atoms with Gasteiger partial charge in [0.1, 0.15) is 16.7 Å². The molecule has 0 atom stereocenters. The van der Waals surface area contributed by atoms with Crippen LogP contribution in [-0.2, 0) is 6.54 Å². The van der Waals surface area contributed by atoms with Crippen LogP contribution < -0.4 is 16.2 Å². The summed E-state index contributed by atoms with van der Waals surface area (Å²) < 4.78 is 12.8. The van der Waals surface area contributed by atoms with Crippen LogP contribution in [0.4, 0.5) is 5.82 Å². The van der Waals surface area contributed by atoms with Gasteiger partial charge in [0, 0.05) is 24.4 Å². The van der Waals surface area contributed by atoms with Gasteiger partial charge in [0.05, 0.1) is 12.8 Å². The first-order chi connectivity index (χ1) is 13.8. The van der Waals surface area contributed by atoms with E-state index in [1.165, 1.54) is 0 Å². The number of nitrogens with two attached hydrogens (primary N) is 2. The number of aromatic nitrogens is 5. The number of ether oxygens (including phenoxy) is 1. The van der Waals surface area contributed by atoms with Crippen molar-refractivity contribution in [3.63, 3.8) is 0 Å². The second-order valence-corrected chi connectivity index (χ2v) is 7.93. The topological polar surface area (TPSA) is 131 Å². The fourth-order valence-corrected chi connectivity index (χ4v) is 2.69. The van der Waals surface area contributed by atoms with Crippen molar-refractivity contribution in [1.29, 1.82) is 0 Å². The minimum Gasteiger partial charge on any atom is -0.489 e. The van der Waals surface area contributed by atoms with E-state index in [9.17, 15) is 0 Å². The Balaban J connectivity index is 2.23. The number of nitrogen functional groups attached to an aromatic ring is 1. The third-order valence-corrected chi connectivity index (χ3v) is 4.43. The van der Waals surface area contributed by atoms with Gasteiger partial charge in [-0.05, 0) is 23.2 Å². The molecule has 3 aromatic rings. The zero-order valence-electron chi connectivity index (χ0n) is 17.5. The molecular formula is C20H27N7O2. The summed E-state index contributed by atoms with van der Waals surface area (Å²) in [6.45, 7) is 11.7. The summed E-state index contributed by atoms with van der Waals surface area (Å²) >= 11 is 0. The number of rotatable bonds is 6. The zero-order chi connectivity index (χ0) is 21.2. The molecule has 0 saturated heterocycles. The Bertz CT molecular complexity index is 1070. The van der Waals surface area contributed by atoms with Crippen LogP contribution in [0.3, 0.4) is 0 Å². The molecule has 0 amide bonds. The van der Waals surface area contributed by atoms with Crippen molar-refractivity contribution in [3.05, 3.63) is 11.9 Å². The maximum atomic E-state index is 6.12. The fourth-order valence-electron chi connectivity index (χ4n) is 2.69. The highest BCUT2D eigenvalue weighted by Gasteiger charge is 2.24. The van der Waals surface area contributed by atoms with E-state index >= 15 is 0 Å². The van der Waals surface area contributed by atoms with Gasteiger partial charge in [-0.15, -0.1) is 0 Å². The van der Waals surface area contributed by atoms with Gasteiger partial charge in [0.15, 0.2) is 23.1 Å². The van der Waals surface area contributed by atoms with Crippen LogP contribution in [0.15, 0.2) is 10.8 Å². The van der Waals surface area contributed by atoms with Crippen molar-refractivity contribution in [3.8, 4) is 29.1 Å². The van der Waals surface area contributed by atoms with E-state index in [0.717, 1.165) is 5.52 Å². The summed E-state index contributed by atoms with van der Waals surface area (Å²) in [5.74, 6) is 7.77. The van der Waals surface area contributed by atoms with Gasteiger partial charge >= 0.3 is 0 Å². The van der Waals surface area contributed by atoms with Crippen molar-refractivity contribution < 1.29 is 9.37 Å². The molecule has 0 aliphatic rings. The van der Waals surface area contributed by atoms with Crippen LogP contribution in [-0.4, -0.2) is 38.0 Å². The molecule has 0 radical (unpaired) electrons. The van der Waals surface area contributed by atoms with Gasteiger partial charge in [0.2, 0.25) is 0 Å². The maximum Gasteiger partial charge on any atom is 0.199 e. The van der Waals surface area contributed by atoms with Crippen LogP contribution in [0, 0.1) is 23.2 Å². The molecule has 0 aliphatic heterocycles. The number of anilines is 1. The number of nitrogens with zero attached hydrogens (tertiary/aromatic N) is 5. The third-order valence-electron chi connectivity index (χ3n) is 4.43. The van der Waals surface area contributed by atoms with Gasteiger partial charge < -0.3 is 20.8 Å². The molecule has 0 spiro atoms. The lowest BCUT2D eigenvalue weighted by atomic mass is 9.95. The van der Waals surface area contributed by atoms with Crippen LogP contribution in [0.25, 0.3) is 22.6 Å². The van der Waals surface area contributed by atoms with E-state index in [1.807, 2.05) is 39.2 Å². The zero-order valence-corrected chi connectivity index (χ0v) is 17.5. The number of imidazole rings is 1. The predicted octanol–water partition coefficient (Wildman–Crippen LogP) is 2.45. The van der Waals surface area contributed by atoms with Crippen molar-refractivity contribution in [2.75, 3.05) is 18.9 Å². The maximum absolute atomic E-state index is 6.12. The van der Waals surface area contributed by atoms with Crippen molar-refractivity contribution in [2.24, 2.45) is 17.1 Å². The lowest BCUT2D eigenvalue weighted by Crippen LogP contribution is -2.30. The van der Waals surface area contributed by atoms with E-state index < -0.39 is 0 Å². The molecule has 0 aromatic carbocycles. The Kier molecular flexibility index (Phi) is 5.75. The standard InChI is InChI=1S/C20H27N7O2/c1-6-27-17-14(28-11-20(4,5)10-21)9-23-13(8-7-12(2)3)15(17)24-19(27)16-18(22)26-29-25-16/h9,12H,6,10-11,21H2,1-5H3,(H2,22,26). The summed E-state index contributed by atoms with van der Waals surface area (Å²) in [5, 5.41) is 7.59. The summed E-state index contributed by atoms with van der Waals surface area (Å²) in [5.41, 5.74) is 13.9. The SMILES string of the molecule is CCn1c(-c2nonc2N)nc2c(C#CC(C)C)ncc(OCC(C)(C)CN)c21. The van der Waals surface area contributed by atoms with Crippen LogP contribution in [0.2, 0.25) is 0 Å².